The van der Waals surface area contributed by atoms with Crippen LogP contribution >= 0.6 is 15.9 Å². The van der Waals surface area contributed by atoms with Crippen molar-refractivity contribution >= 4 is 21.8 Å². The first kappa shape index (κ1) is 13.8. The molecule has 1 rings (SSSR count). The Bertz CT molecular complexity index is 229. The monoisotopic (exact) mass is 299 g/mol. The summed E-state index contributed by atoms with van der Waals surface area (Å²) in [6.07, 6.45) is 0.738. The lowest BCUT2D eigenvalue weighted by Gasteiger charge is -2.41. The summed E-state index contributed by atoms with van der Waals surface area (Å²) in [6, 6.07) is 0. The molecule has 0 bridgehead atoms. The third-order valence-corrected chi connectivity index (χ3v) is 3.76. The molecule has 16 heavy (non-hydrogen) atoms. The van der Waals surface area contributed by atoms with E-state index in [0.29, 0.717) is 0 Å². The van der Waals surface area contributed by atoms with E-state index in [1.54, 1.807) is 0 Å². The second kappa shape index (κ2) is 6.49. The van der Waals surface area contributed by atoms with E-state index < -0.39 is 13.0 Å². The van der Waals surface area contributed by atoms with Gasteiger partial charge in [-0.15, -0.1) is 0 Å². The van der Waals surface area contributed by atoms with Crippen molar-refractivity contribution in [3.8, 4) is 0 Å². The van der Waals surface area contributed by atoms with Gasteiger partial charge in [-0.2, -0.15) is 0 Å². The minimum absolute atomic E-state index is 0.0501. The molecule has 0 atom stereocenters. The Morgan fingerprint density at radius 1 is 1.50 bits per heavy atom. The lowest BCUT2D eigenvalue weighted by molar-refractivity contribution is -0.125. The van der Waals surface area contributed by atoms with Crippen LogP contribution in [-0.2, 0) is 9.53 Å². The summed E-state index contributed by atoms with van der Waals surface area (Å²) in [5.41, 5.74) is -0.111. The number of carbonyl (C=O) groups is 1. The van der Waals surface area contributed by atoms with Gasteiger partial charge in [0.15, 0.2) is 0 Å². The number of alkyl halides is 3. The summed E-state index contributed by atoms with van der Waals surface area (Å²) in [5.74, 6) is -0.131. The standard InChI is InChI=1S/C10H16BrF2NO2/c11-7-10(3-1-4-10)14-9(15)2-5-16-6-8(12)13/h8H,1-7H2,(H,14,15). The zero-order chi connectivity index (χ0) is 12.0. The predicted molar refractivity (Wildman–Crippen MR) is 60.0 cm³/mol. The minimum atomic E-state index is -2.47. The Hall–Kier alpha value is -0.230. The zero-order valence-corrected chi connectivity index (χ0v) is 10.6. The van der Waals surface area contributed by atoms with Crippen LogP contribution < -0.4 is 5.32 Å². The number of halogens is 3. The maximum atomic E-state index is 11.7. The average Bonchev–Trinajstić information content (AvgIpc) is 2.18. The summed E-state index contributed by atoms with van der Waals surface area (Å²) in [6.45, 7) is -0.550. The maximum absolute atomic E-state index is 11.7. The Labute approximate surface area is 102 Å². The second-order valence-electron chi connectivity index (χ2n) is 4.03. The second-order valence-corrected chi connectivity index (χ2v) is 4.59. The predicted octanol–water partition coefficient (Wildman–Crippen LogP) is 2.09. The van der Waals surface area contributed by atoms with Crippen molar-refractivity contribution in [1.29, 1.82) is 0 Å². The topological polar surface area (TPSA) is 38.3 Å². The van der Waals surface area contributed by atoms with Crippen molar-refractivity contribution in [3.63, 3.8) is 0 Å². The third kappa shape index (κ3) is 4.33. The molecule has 94 valence electrons. The average molecular weight is 300 g/mol. The molecule has 0 aromatic rings. The molecule has 3 nitrogen and oxygen atoms in total. The SMILES string of the molecule is O=C(CCOCC(F)F)NC1(CBr)CCC1. The van der Waals surface area contributed by atoms with E-state index in [0.717, 1.165) is 24.6 Å². The van der Waals surface area contributed by atoms with Gasteiger partial charge in [0, 0.05) is 17.3 Å². The fraction of sp³-hybridized carbons (Fsp3) is 0.900. The molecule has 0 radical (unpaired) electrons. The van der Waals surface area contributed by atoms with Crippen LogP contribution in [0.25, 0.3) is 0 Å². The highest BCUT2D eigenvalue weighted by Gasteiger charge is 2.36. The number of ether oxygens (including phenoxy) is 1. The Morgan fingerprint density at radius 2 is 2.19 bits per heavy atom. The maximum Gasteiger partial charge on any atom is 0.261 e. The summed E-state index contributed by atoms with van der Waals surface area (Å²) in [4.78, 5) is 11.5. The van der Waals surface area contributed by atoms with Gasteiger partial charge >= 0.3 is 0 Å². The molecule has 1 saturated carbocycles. The first-order valence-electron chi connectivity index (χ1n) is 5.31. The molecule has 6 heteroatoms. The van der Waals surface area contributed by atoms with Crippen LogP contribution in [0, 0.1) is 0 Å². The van der Waals surface area contributed by atoms with Gasteiger partial charge in [0.1, 0.15) is 6.61 Å². The molecule has 0 heterocycles. The lowest BCUT2D eigenvalue weighted by atomic mass is 9.78. The van der Waals surface area contributed by atoms with Crippen molar-refractivity contribution in [2.45, 2.75) is 37.6 Å². The van der Waals surface area contributed by atoms with Crippen LogP contribution in [0.15, 0.2) is 0 Å². The molecular formula is C10H16BrF2NO2. The van der Waals surface area contributed by atoms with Crippen molar-refractivity contribution in [1.82, 2.24) is 5.32 Å². The van der Waals surface area contributed by atoms with Gasteiger partial charge in [-0.05, 0) is 19.3 Å². The van der Waals surface area contributed by atoms with Crippen molar-refractivity contribution < 1.29 is 18.3 Å². The molecular weight excluding hydrogens is 284 g/mol. The van der Waals surface area contributed by atoms with Crippen molar-refractivity contribution in [2.75, 3.05) is 18.5 Å². The fourth-order valence-corrected chi connectivity index (χ4v) is 2.29. The van der Waals surface area contributed by atoms with E-state index in [1.165, 1.54) is 0 Å². The van der Waals surface area contributed by atoms with Crippen LogP contribution in [0.4, 0.5) is 8.78 Å². The fourth-order valence-electron chi connectivity index (χ4n) is 1.59. The minimum Gasteiger partial charge on any atom is -0.375 e. The highest BCUT2D eigenvalue weighted by atomic mass is 79.9. The number of rotatable bonds is 7. The smallest absolute Gasteiger partial charge is 0.261 e. The van der Waals surface area contributed by atoms with Crippen LogP contribution in [0.3, 0.4) is 0 Å². The molecule has 1 aliphatic rings. The summed E-state index contributed by atoms with van der Waals surface area (Å²) in [5, 5.41) is 3.65. The Balaban J connectivity index is 2.11. The number of amides is 1. The van der Waals surface area contributed by atoms with Crippen molar-refractivity contribution in [3.05, 3.63) is 0 Å². The first-order chi connectivity index (χ1) is 7.58. The molecule has 0 unspecified atom stereocenters. The Morgan fingerprint density at radius 3 is 2.62 bits per heavy atom. The van der Waals surface area contributed by atoms with Gasteiger partial charge in [0.05, 0.1) is 6.61 Å². The van der Waals surface area contributed by atoms with E-state index in [4.69, 9.17) is 0 Å². The van der Waals surface area contributed by atoms with E-state index in [9.17, 15) is 13.6 Å². The molecule has 0 aromatic carbocycles. The van der Waals surface area contributed by atoms with Crippen LogP contribution in [-0.4, -0.2) is 36.4 Å². The normalized spacial score (nSPS) is 18.2. The molecule has 0 aliphatic heterocycles. The molecule has 1 amide bonds. The number of nitrogens with one attached hydrogen (secondary N) is 1. The van der Waals surface area contributed by atoms with Crippen LogP contribution in [0.2, 0.25) is 0 Å². The summed E-state index contributed by atoms with van der Waals surface area (Å²) < 4.78 is 28.1. The highest BCUT2D eigenvalue weighted by Crippen LogP contribution is 2.33. The van der Waals surface area contributed by atoms with E-state index in [1.807, 2.05) is 0 Å². The molecule has 0 spiro atoms. The lowest BCUT2D eigenvalue weighted by Crippen LogP contribution is -2.55. The van der Waals surface area contributed by atoms with Crippen LogP contribution in [0.1, 0.15) is 25.7 Å². The molecule has 1 N–H and O–H groups in total. The first-order valence-corrected chi connectivity index (χ1v) is 6.43. The van der Waals surface area contributed by atoms with E-state index in [-0.39, 0.29) is 24.5 Å². The molecule has 1 fully saturated rings. The summed E-state index contributed by atoms with van der Waals surface area (Å²) >= 11 is 3.37. The quantitative estimate of drug-likeness (QED) is 0.577. The highest BCUT2D eigenvalue weighted by molar-refractivity contribution is 9.09. The van der Waals surface area contributed by atoms with Gasteiger partial charge in [-0.1, -0.05) is 15.9 Å². The molecule has 0 saturated heterocycles. The number of hydrogen-bond donors (Lipinski definition) is 1. The Kier molecular flexibility index (Phi) is 5.61. The number of hydrogen-bond acceptors (Lipinski definition) is 2. The van der Waals surface area contributed by atoms with Gasteiger partial charge in [-0.25, -0.2) is 8.78 Å². The molecule has 0 aromatic heterocycles. The van der Waals surface area contributed by atoms with E-state index in [2.05, 4.69) is 26.0 Å². The number of carbonyl (C=O) groups excluding carboxylic acids is 1. The van der Waals surface area contributed by atoms with Gasteiger partial charge in [-0.3, -0.25) is 4.79 Å². The van der Waals surface area contributed by atoms with Crippen molar-refractivity contribution in [2.24, 2.45) is 0 Å². The van der Waals surface area contributed by atoms with Gasteiger partial charge in [0.2, 0.25) is 5.91 Å². The van der Waals surface area contributed by atoms with Gasteiger partial charge < -0.3 is 10.1 Å². The van der Waals surface area contributed by atoms with Crippen LogP contribution in [0.5, 0.6) is 0 Å². The largest absolute Gasteiger partial charge is 0.375 e. The molecule has 1 aliphatic carbocycles. The van der Waals surface area contributed by atoms with Gasteiger partial charge in [0.25, 0.3) is 6.43 Å². The summed E-state index contributed by atoms with van der Waals surface area (Å²) in [7, 11) is 0. The third-order valence-electron chi connectivity index (χ3n) is 2.69. The zero-order valence-electron chi connectivity index (χ0n) is 8.98. The van der Waals surface area contributed by atoms with E-state index >= 15 is 0 Å².